The van der Waals surface area contributed by atoms with Crippen LogP contribution in [0.25, 0.3) is 0 Å². The fraction of sp³-hybridized carbons (Fsp3) is 0.667. The SMILES string of the molecule is CCNC(=NCC(c1ccc(F)cc1)N1CCOCC1)NCCNC(=O)C1CCCCC1.I. The first-order chi connectivity index (χ1) is 15.7. The summed E-state index contributed by atoms with van der Waals surface area (Å²) in [5.41, 5.74) is 1.05. The van der Waals surface area contributed by atoms with Gasteiger partial charge in [0.05, 0.1) is 25.8 Å². The zero-order chi connectivity index (χ0) is 22.6. The van der Waals surface area contributed by atoms with Crippen molar-refractivity contribution in [3.63, 3.8) is 0 Å². The zero-order valence-electron chi connectivity index (χ0n) is 19.7. The maximum absolute atomic E-state index is 13.4. The predicted octanol–water partition coefficient (Wildman–Crippen LogP) is 3.07. The van der Waals surface area contributed by atoms with Crippen molar-refractivity contribution < 1.29 is 13.9 Å². The molecule has 1 saturated heterocycles. The van der Waals surface area contributed by atoms with Crippen molar-refractivity contribution in [2.24, 2.45) is 10.9 Å². The molecule has 1 aliphatic carbocycles. The maximum Gasteiger partial charge on any atom is 0.223 e. The molecule has 1 amide bonds. The summed E-state index contributed by atoms with van der Waals surface area (Å²) in [6.07, 6.45) is 5.58. The molecule has 1 aliphatic heterocycles. The summed E-state index contributed by atoms with van der Waals surface area (Å²) in [6, 6.07) is 6.75. The number of hydrogen-bond acceptors (Lipinski definition) is 4. The standard InChI is InChI=1S/C24H38FN5O2.HI/c1-2-26-24(28-13-12-27-23(31)20-6-4-3-5-7-20)29-18-22(30-14-16-32-17-15-30)19-8-10-21(25)11-9-19;/h8-11,20,22H,2-7,12-18H2,1H3,(H,27,31)(H2,26,28,29);1H. The molecule has 3 N–H and O–H groups in total. The van der Waals surface area contributed by atoms with Crippen LogP contribution in [0.3, 0.4) is 0 Å². The Morgan fingerprint density at radius 1 is 1.09 bits per heavy atom. The smallest absolute Gasteiger partial charge is 0.223 e. The third-order valence-corrected chi connectivity index (χ3v) is 6.20. The minimum atomic E-state index is -0.233. The lowest BCUT2D eigenvalue weighted by Crippen LogP contribution is -2.44. The number of morpholine rings is 1. The largest absolute Gasteiger partial charge is 0.379 e. The molecule has 1 atom stereocenters. The number of benzene rings is 1. The molecule has 1 aromatic rings. The van der Waals surface area contributed by atoms with Crippen LogP contribution in [-0.2, 0) is 9.53 Å². The van der Waals surface area contributed by atoms with E-state index in [1.807, 2.05) is 19.1 Å². The monoisotopic (exact) mass is 575 g/mol. The topological polar surface area (TPSA) is 78.0 Å². The fourth-order valence-electron chi connectivity index (χ4n) is 4.40. The zero-order valence-corrected chi connectivity index (χ0v) is 22.0. The Balaban J connectivity index is 0.00000385. The first-order valence-electron chi connectivity index (χ1n) is 12.0. The Labute approximate surface area is 214 Å². The number of rotatable bonds is 9. The molecule has 1 aromatic carbocycles. The van der Waals surface area contributed by atoms with Crippen molar-refractivity contribution in [1.82, 2.24) is 20.9 Å². The maximum atomic E-state index is 13.4. The van der Waals surface area contributed by atoms with E-state index in [0.717, 1.165) is 56.8 Å². The van der Waals surface area contributed by atoms with Crippen LogP contribution in [0.15, 0.2) is 29.3 Å². The van der Waals surface area contributed by atoms with Crippen molar-refractivity contribution in [2.75, 3.05) is 52.5 Å². The molecule has 0 aromatic heterocycles. The number of halogens is 2. The number of hydrogen-bond donors (Lipinski definition) is 3. The van der Waals surface area contributed by atoms with Gasteiger partial charge in [-0.15, -0.1) is 24.0 Å². The third kappa shape index (κ3) is 9.36. The molecule has 7 nitrogen and oxygen atoms in total. The van der Waals surface area contributed by atoms with E-state index in [1.54, 1.807) is 0 Å². The van der Waals surface area contributed by atoms with Crippen LogP contribution >= 0.6 is 24.0 Å². The molecule has 1 unspecified atom stereocenters. The molecule has 1 heterocycles. The van der Waals surface area contributed by atoms with Crippen LogP contribution < -0.4 is 16.0 Å². The minimum absolute atomic E-state index is 0. The molecule has 2 aliphatic rings. The average molecular weight is 576 g/mol. The second-order valence-electron chi connectivity index (χ2n) is 8.49. The molecule has 0 bridgehead atoms. The number of nitrogens with zero attached hydrogens (tertiary/aromatic N) is 2. The van der Waals surface area contributed by atoms with Crippen molar-refractivity contribution in [3.8, 4) is 0 Å². The van der Waals surface area contributed by atoms with Crippen molar-refractivity contribution in [2.45, 2.75) is 45.1 Å². The Kier molecular flexibility index (Phi) is 13.0. The van der Waals surface area contributed by atoms with Gasteiger partial charge < -0.3 is 20.7 Å². The Morgan fingerprint density at radius 2 is 1.76 bits per heavy atom. The van der Waals surface area contributed by atoms with E-state index in [0.29, 0.717) is 32.8 Å². The minimum Gasteiger partial charge on any atom is -0.379 e. The molecule has 9 heteroatoms. The molecule has 0 radical (unpaired) electrons. The summed E-state index contributed by atoms with van der Waals surface area (Å²) in [5.74, 6) is 0.843. The molecular weight excluding hydrogens is 536 g/mol. The number of carbonyl (C=O) groups excluding carboxylic acids is 1. The first-order valence-corrected chi connectivity index (χ1v) is 12.0. The van der Waals surface area contributed by atoms with Gasteiger partial charge in [0.1, 0.15) is 5.82 Å². The van der Waals surface area contributed by atoms with Crippen LogP contribution in [-0.4, -0.2) is 69.2 Å². The molecule has 0 spiro atoms. The van der Waals surface area contributed by atoms with Crippen LogP contribution in [0.2, 0.25) is 0 Å². The van der Waals surface area contributed by atoms with Gasteiger partial charge in [-0.3, -0.25) is 14.7 Å². The highest BCUT2D eigenvalue weighted by Gasteiger charge is 2.23. The second-order valence-corrected chi connectivity index (χ2v) is 8.49. The van der Waals surface area contributed by atoms with Crippen LogP contribution in [0.1, 0.15) is 50.6 Å². The Bertz CT molecular complexity index is 722. The normalized spacial score (nSPS) is 18.8. The van der Waals surface area contributed by atoms with E-state index < -0.39 is 0 Å². The van der Waals surface area contributed by atoms with E-state index in [2.05, 4.69) is 20.9 Å². The first kappa shape index (κ1) is 27.8. The average Bonchev–Trinajstić information content (AvgIpc) is 2.84. The van der Waals surface area contributed by atoms with Crippen molar-refractivity contribution >= 4 is 35.8 Å². The summed E-state index contributed by atoms with van der Waals surface area (Å²) in [5, 5.41) is 9.65. The quantitative estimate of drug-likeness (QED) is 0.183. The lowest BCUT2D eigenvalue weighted by Gasteiger charge is -2.34. The van der Waals surface area contributed by atoms with Gasteiger partial charge in [-0.05, 0) is 37.5 Å². The lowest BCUT2D eigenvalue weighted by atomic mass is 9.89. The molecule has 2 fully saturated rings. The molecule has 186 valence electrons. The molecular formula is C24H39FIN5O2. The Hall–Kier alpha value is -1.46. The van der Waals surface area contributed by atoms with Gasteiger partial charge in [0.25, 0.3) is 0 Å². The third-order valence-electron chi connectivity index (χ3n) is 6.20. The van der Waals surface area contributed by atoms with Gasteiger partial charge in [0, 0.05) is 38.6 Å². The van der Waals surface area contributed by atoms with E-state index in [4.69, 9.17) is 9.73 Å². The Morgan fingerprint density at radius 3 is 2.42 bits per heavy atom. The summed E-state index contributed by atoms with van der Waals surface area (Å²) < 4.78 is 18.9. The highest BCUT2D eigenvalue weighted by molar-refractivity contribution is 14.0. The number of ether oxygens (including phenoxy) is 1. The van der Waals surface area contributed by atoms with Crippen molar-refractivity contribution in [3.05, 3.63) is 35.6 Å². The van der Waals surface area contributed by atoms with Crippen molar-refractivity contribution in [1.29, 1.82) is 0 Å². The van der Waals surface area contributed by atoms with Crippen LogP contribution in [0.4, 0.5) is 4.39 Å². The van der Waals surface area contributed by atoms with Gasteiger partial charge in [-0.1, -0.05) is 31.4 Å². The summed E-state index contributed by atoms with van der Waals surface area (Å²) in [6.45, 7) is 7.56. The van der Waals surface area contributed by atoms with Gasteiger partial charge in [0.15, 0.2) is 5.96 Å². The van der Waals surface area contributed by atoms with E-state index >= 15 is 0 Å². The highest BCUT2D eigenvalue weighted by atomic mass is 127. The predicted molar refractivity (Wildman–Crippen MR) is 141 cm³/mol. The van der Waals surface area contributed by atoms with E-state index in [-0.39, 0.29) is 47.7 Å². The van der Waals surface area contributed by atoms with Gasteiger partial charge in [-0.25, -0.2) is 4.39 Å². The number of guanidine groups is 1. The summed E-state index contributed by atoms with van der Waals surface area (Å²) in [7, 11) is 0. The van der Waals surface area contributed by atoms with E-state index in [9.17, 15) is 9.18 Å². The molecule has 1 saturated carbocycles. The van der Waals surface area contributed by atoms with Gasteiger partial charge in [0.2, 0.25) is 5.91 Å². The lowest BCUT2D eigenvalue weighted by molar-refractivity contribution is -0.125. The fourth-order valence-corrected chi connectivity index (χ4v) is 4.40. The van der Waals surface area contributed by atoms with Gasteiger partial charge >= 0.3 is 0 Å². The highest BCUT2D eigenvalue weighted by Crippen LogP contribution is 2.24. The number of amides is 1. The second kappa shape index (κ2) is 15.4. The summed E-state index contributed by atoms with van der Waals surface area (Å²) in [4.78, 5) is 19.5. The van der Waals surface area contributed by atoms with Crippen LogP contribution in [0, 0.1) is 11.7 Å². The number of nitrogens with one attached hydrogen (secondary N) is 3. The molecule has 3 rings (SSSR count). The van der Waals surface area contributed by atoms with Gasteiger partial charge in [-0.2, -0.15) is 0 Å². The number of aliphatic imine (C=N–C) groups is 1. The van der Waals surface area contributed by atoms with Crippen LogP contribution in [0.5, 0.6) is 0 Å². The molecule has 33 heavy (non-hydrogen) atoms. The summed E-state index contributed by atoms with van der Waals surface area (Å²) >= 11 is 0. The number of carbonyl (C=O) groups is 1. The van der Waals surface area contributed by atoms with E-state index in [1.165, 1.54) is 18.6 Å².